The summed E-state index contributed by atoms with van der Waals surface area (Å²) >= 11 is 0. The van der Waals surface area contributed by atoms with Gasteiger partial charge in [-0.2, -0.15) is 0 Å². The lowest BCUT2D eigenvalue weighted by Crippen LogP contribution is -2.46. The molecule has 0 amide bonds. The Morgan fingerprint density at radius 1 is 1.47 bits per heavy atom. The zero-order valence-corrected chi connectivity index (χ0v) is 12.3. The van der Waals surface area contributed by atoms with E-state index in [1.54, 1.807) is 7.11 Å². The monoisotopic (exact) mass is 296 g/mol. The van der Waals surface area contributed by atoms with Crippen LogP contribution in [0.5, 0.6) is 0 Å². The Kier molecular flexibility index (Phi) is 4.67. The molecule has 2 heterocycles. The molecule has 8 heteroatoms. The molecule has 2 saturated heterocycles. The summed E-state index contributed by atoms with van der Waals surface area (Å²) in [7, 11) is -1.37. The van der Waals surface area contributed by atoms with E-state index in [-0.39, 0.29) is 18.6 Å². The second-order valence-corrected chi connectivity index (χ2v) is 6.50. The predicted octanol–water partition coefficient (Wildman–Crippen LogP) is 0.959. The summed E-state index contributed by atoms with van der Waals surface area (Å²) in [5.41, 5.74) is -0.758. The fourth-order valence-corrected chi connectivity index (χ4v) is 3.56. The highest BCUT2D eigenvalue weighted by Gasteiger charge is 2.57. The van der Waals surface area contributed by atoms with E-state index in [4.69, 9.17) is 18.7 Å². The van der Waals surface area contributed by atoms with Crippen molar-refractivity contribution >= 4 is 7.82 Å². The van der Waals surface area contributed by atoms with Crippen molar-refractivity contribution in [2.75, 3.05) is 34.0 Å². The summed E-state index contributed by atoms with van der Waals surface area (Å²) in [4.78, 5) is 9.57. The number of phosphoric acid groups is 1. The van der Waals surface area contributed by atoms with E-state index >= 15 is 0 Å². The largest absolute Gasteiger partial charge is 0.472 e. The van der Waals surface area contributed by atoms with E-state index in [0.717, 1.165) is 7.11 Å². The molecule has 7 nitrogen and oxygen atoms in total. The average molecular weight is 296 g/mol. The lowest BCUT2D eigenvalue weighted by Gasteiger charge is -2.33. The third-order valence-corrected chi connectivity index (χ3v) is 4.73. The van der Waals surface area contributed by atoms with Gasteiger partial charge in [0.1, 0.15) is 11.7 Å². The Balaban J connectivity index is 2.27. The van der Waals surface area contributed by atoms with Crippen LogP contribution in [0.15, 0.2) is 0 Å². The maximum absolute atomic E-state index is 11.7. The molecule has 0 spiro atoms. The first-order valence-corrected chi connectivity index (χ1v) is 7.75. The summed E-state index contributed by atoms with van der Waals surface area (Å²) in [6, 6.07) is 0. The summed E-state index contributed by atoms with van der Waals surface area (Å²) in [5.74, 6) is -0.117. The van der Waals surface area contributed by atoms with E-state index in [1.165, 1.54) is 0 Å². The van der Waals surface area contributed by atoms with Crippen molar-refractivity contribution in [3.8, 4) is 0 Å². The second kappa shape index (κ2) is 5.77. The van der Waals surface area contributed by atoms with Crippen LogP contribution in [0.2, 0.25) is 0 Å². The molecule has 112 valence electrons. The smallest absolute Gasteiger partial charge is 0.382 e. The van der Waals surface area contributed by atoms with Crippen molar-refractivity contribution in [2.24, 2.45) is 5.92 Å². The molecule has 0 aliphatic carbocycles. The maximum atomic E-state index is 11.7. The van der Waals surface area contributed by atoms with Crippen LogP contribution in [0.3, 0.4) is 0 Å². The highest BCUT2D eigenvalue weighted by Crippen LogP contribution is 2.52. The molecular formula is C11H21O7P. The number of fused-ring (bicyclic) bond motifs is 2. The van der Waals surface area contributed by atoms with Gasteiger partial charge < -0.3 is 19.1 Å². The Hall–Kier alpha value is -0.0100. The van der Waals surface area contributed by atoms with Crippen LogP contribution in [0, 0.1) is 5.92 Å². The van der Waals surface area contributed by atoms with Crippen molar-refractivity contribution in [2.45, 2.75) is 31.2 Å². The van der Waals surface area contributed by atoms with Gasteiger partial charge >= 0.3 is 7.82 Å². The van der Waals surface area contributed by atoms with Gasteiger partial charge in [0.25, 0.3) is 0 Å². The number of hydrogen-bond acceptors (Lipinski definition) is 6. The van der Waals surface area contributed by atoms with Crippen LogP contribution in [0.4, 0.5) is 0 Å². The minimum Gasteiger partial charge on any atom is -0.382 e. The van der Waals surface area contributed by atoms with E-state index in [0.29, 0.717) is 19.6 Å². The first-order valence-electron chi connectivity index (χ1n) is 6.25. The fraction of sp³-hybridized carbons (Fsp3) is 1.00. The molecule has 2 aliphatic heterocycles. The topological polar surface area (TPSA) is 83.5 Å². The van der Waals surface area contributed by atoms with Crippen molar-refractivity contribution in [3.05, 3.63) is 0 Å². The van der Waals surface area contributed by atoms with Crippen molar-refractivity contribution in [3.63, 3.8) is 0 Å². The Morgan fingerprint density at radius 3 is 2.84 bits per heavy atom. The van der Waals surface area contributed by atoms with Crippen LogP contribution >= 0.6 is 7.82 Å². The van der Waals surface area contributed by atoms with Crippen LogP contribution < -0.4 is 0 Å². The van der Waals surface area contributed by atoms with E-state index in [9.17, 15) is 9.46 Å². The van der Waals surface area contributed by atoms with Gasteiger partial charge in [-0.15, -0.1) is 0 Å². The van der Waals surface area contributed by atoms with Gasteiger partial charge in [-0.3, -0.25) is 9.05 Å². The van der Waals surface area contributed by atoms with Gasteiger partial charge in [0, 0.05) is 33.2 Å². The third kappa shape index (κ3) is 3.03. The number of ether oxygens (including phenoxy) is 3. The quantitative estimate of drug-likeness (QED) is 0.756. The van der Waals surface area contributed by atoms with E-state index in [2.05, 4.69) is 4.52 Å². The van der Waals surface area contributed by atoms with Crippen LogP contribution in [0.25, 0.3) is 0 Å². The number of rotatable bonds is 5. The van der Waals surface area contributed by atoms with Gasteiger partial charge in [-0.1, -0.05) is 0 Å². The third-order valence-electron chi connectivity index (χ3n) is 3.78. The first kappa shape index (κ1) is 15.4. The molecule has 2 unspecified atom stereocenters. The molecule has 2 fully saturated rings. The SMILES string of the molecule is COC[C@]12CCOC[C@@H](C1OP(=O)(O)OC)[C@H](C)O2. The zero-order valence-electron chi connectivity index (χ0n) is 11.4. The van der Waals surface area contributed by atoms with Crippen molar-refractivity contribution in [1.82, 2.24) is 0 Å². The highest BCUT2D eigenvalue weighted by atomic mass is 31.2. The number of phosphoric ester groups is 1. The predicted molar refractivity (Wildman–Crippen MR) is 65.8 cm³/mol. The molecule has 2 aliphatic rings. The summed E-state index contributed by atoms with van der Waals surface area (Å²) in [6.45, 7) is 3.13. The van der Waals surface area contributed by atoms with Gasteiger partial charge in [0.15, 0.2) is 0 Å². The van der Waals surface area contributed by atoms with Gasteiger partial charge in [-0.25, -0.2) is 4.57 Å². The molecule has 1 N–H and O–H groups in total. The normalized spacial score (nSPS) is 41.8. The molecule has 19 heavy (non-hydrogen) atoms. The highest BCUT2D eigenvalue weighted by molar-refractivity contribution is 7.47. The molecule has 2 rings (SSSR count). The number of methoxy groups -OCH3 is 1. The van der Waals surface area contributed by atoms with Crippen LogP contribution in [-0.4, -0.2) is 56.7 Å². The Morgan fingerprint density at radius 2 is 2.21 bits per heavy atom. The minimum atomic E-state index is -4.08. The van der Waals surface area contributed by atoms with Crippen molar-refractivity contribution in [1.29, 1.82) is 0 Å². The zero-order chi connectivity index (χ0) is 14.1. The van der Waals surface area contributed by atoms with E-state index < -0.39 is 19.5 Å². The minimum absolute atomic E-state index is 0.117. The molecule has 0 saturated carbocycles. The molecule has 0 radical (unpaired) electrons. The maximum Gasteiger partial charge on any atom is 0.472 e. The Bertz CT molecular complexity index is 363. The second-order valence-electron chi connectivity index (χ2n) is 4.99. The van der Waals surface area contributed by atoms with Crippen LogP contribution in [-0.2, 0) is 27.8 Å². The lowest BCUT2D eigenvalue weighted by molar-refractivity contribution is -0.126. The summed E-state index contributed by atoms with van der Waals surface area (Å²) in [5, 5.41) is 0. The molecule has 0 aromatic rings. The van der Waals surface area contributed by atoms with Gasteiger partial charge in [-0.05, 0) is 6.92 Å². The summed E-state index contributed by atoms with van der Waals surface area (Å²) < 4.78 is 38.3. The van der Waals surface area contributed by atoms with E-state index in [1.807, 2.05) is 6.92 Å². The van der Waals surface area contributed by atoms with Gasteiger partial charge in [0.2, 0.25) is 0 Å². The molecule has 0 aromatic heterocycles. The summed E-state index contributed by atoms with van der Waals surface area (Å²) in [6.07, 6.45) is -0.159. The van der Waals surface area contributed by atoms with Gasteiger partial charge in [0.05, 0.1) is 19.3 Å². The fourth-order valence-electron chi connectivity index (χ4n) is 2.84. The molecule has 2 bridgehead atoms. The molecular weight excluding hydrogens is 275 g/mol. The Labute approximate surface area is 112 Å². The standard InChI is InChI=1S/C11H21O7P/c1-8-9-6-16-5-4-11(17-8,7-14-2)10(9)18-19(12,13)15-3/h8-10H,4-7H2,1-3H3,(H,12,13)/t8-,9+,10?,11+/m0/s1. The average Bonchev–Trinajstić information content (AvgIpc) is 2.48. The molecule has 0 aromatic carbocycles. The first-order chi connectivity index (χ1) is 8.94. The van der Waals surface area contributed by atoms with Crippen LogP contribution in [0.1, 0.15) is 13.3 Å². The van der Waals surface area contributed by atoms with Crippen molar-refractivity contribution < 1.29 is 32.7 Å². The number of hydrogen-bond donors (Lipinski definition) is 1. The lowest BCUT2D eigenvalue weighted by atomic mass is 9.88. The molecule has 5 atom stereocenters.